The maximum atomic E-state index is 13.9. The van der Waals surface area contributed by atoms with E-state index in [1.165, 1.54) is 13.2 Å². The van der Waals surface area contributed by atoms with Crippen molar-refractivity contribution in [3.05, 3.63) is 29.3 Å². The number of halogens is 2. The summed E-state index contributed by atoms with van der Waals surface area (Å²) in [6.07, 6.45) is 0.323. The molecule has 0 bridgehead atoms. The summed E-state index contributed by atoms with van der Waals surface area (Å²) in [7, 11) is -0.933. The molecule has 0 spiro atoms. The molecule has 0 radical (unpaired) electrons. The standard InChI is InChI=1S/C13H18F2N2O3S/c1-16-7-9-5-11(14)13(15)12(6-9)21(18,19)17-4-3-10(8-17)20-2/h5-6,10,16H,3-4,7-8H2,1-2H3. The fraction of sp³-hybridized carbons (Fsp3) is 0.538. The second-order valence-corrected chi connectivity index (χ2v) is 6.84. The number of ether oxygens (including phenoxy) is 1. The van der Waals surface area contributed by atoms with Crippen molar-refractivity contribution < 1.29 is 21.9 Å². The Morgan fingerprint density at radius 2 is 2.14 bits per heavy atom. The van der Waals surface area contributed by atoms with Crippen LogP contribution in [-0.4, -0.2) is 46.1 Å². The molecule has 1 fully saturated rings. The summed E-state index contributed by atoms with van der Waals surface area (Å²) in [5, 5.41) is 2.78. The van der Waals surface area contributed by atoms with E-state index >= 15 is 0 Å². The molecule has 21 heavy (non-hydrogen) atoms. The summed E-state index contributed by atoms with van der Waals surface area (Å²) < 4.78 is 58.7. The molecular weight excluding hydrogens is 302 g/mol. The van der Waals surface area contributed by atoms with E-state index in [-0.39, 0.29) is 25.7 Å². The van der Waals surface area contributed by atoms with Crippen LogP contribution in [0.4, 0.5) is 8.78 Å². The Morgan fingerprint density at radius 1 is 1.43 bits per heavy atom. The summed E-state index contributed by atoms with van der Waals surface area (Å²) in [5.74, 6) is -2.50. The average Bonchev–Trinajstić information content (AvgIpc) is 2.92. The number of nitrogens with zero attached hydrogens (tertiary/aromatic N) is 1. The molecule has 8 heteroatoms. The van der Waals surface area contributed by atoms with Gasteiger partial charge < -0.3 is 10.1 Å². The number of benzene rings is 1. The summed E-state index contributed by atoms with van der Waals surface area (Å²) >= 11 is 0. The van der Waals surface area contributed by atoms with Gasteiger partial charge in [0.1, 0.15) is 4.90 Å². The van der Waals surface area contributed by atoms with Crippen LogP contribution in [-0.2, 0) is 21.3 Å². The van der Waals surface area contributed by atoms with Crippen LogP contribution < -0.4 is 5.32 Å². The highest BCUT2D eigenvalue weighted by Crippen LogP contribution is 2.26. The Morgan fingerprint density at radius 3 is 2.71 bits per heavy atom. The van der Waals surface area contributed by atoms with Gasteiger partial charge in [-0.3, -0.25) is 0 Å². The topological polar surface area (TPSA) is 58.6 Å². The average molecular weight is 320 g/mol. The molecule has 1 saturated heterocycles. The van der Waals surface area contributed by atoms with E-state index in [0.717, 1.165) is 10.4 Å². The maximum absolute atomic E-state index is 13.9. The summed E-state index contributed by atoms with van der Waals surface area (Å²) in [4.78, 5) is -0.621. The molecule has 1 aliphatic rings. The van der Waals surface area contributed by atoms with E-state index in [2.05, 4.69) is 5.32 Å². The molecule has 2 rings (SSSR count). The third-order valence-corrected chi connectivity index (χ3v) is 5.36. The molecule has 118 valence electrons. The number of rotatable bonds is 5. The van der Waals surface area contributed by atoms with Gasteiger partial charge in [0, 0.05) is 26.7 Å². The van der Waals surface area contributed by atoms with Crippen molar-refractivity contribution >= 4 is 10.0 Å². The highest BCUT2D eigenvalue weighted by Gasteiger charge is 2.35. The van der Waals surface area contributed by atoms with Crippen LogP contribution in [0, 0.1) is 11.6 Å². The molecular formula is C13H18F2N2O3S. The molecule has 0 aliphatic carbocycles. The zero-order valence-corrected chi connectivity index (χ0v) is 12.7. The van der Waals surface area contributed by atoms with Gasteiger partial charge in [-0.1, -0.05) is 0 Å². The van der Waals surface area contributed by atoms with Crippen LogP contribution in [0.2, 0.25) is 0 Å². The number of hydrogen-bond donors (Lipinski definition) is 1. The summed E-state index contributed by atoms with van der Waals surface area (Å²) in [6.45, 7) is 0.634. The minimum atomic E-state index is -4.07. The smallest absolute Gasteiger partial charge is 0.246 e. The van der Waals surface area contributed by atoms with Crippen molar-refractivity contribution in [1.29, 1.82) is 0 Å². The molecule has 1 heterocycles. The van der Waals surface area contributed by atoms with E-state index < -0.39 is 26.6 Å². The highest BCUT2D eigenvalue weighted by molar-refractivity contribution is 7.89. The fourth-order valence-corrected chi connectivity index (χ4v) is 3.97. The minimum Gasteiger partial charge on any atom is -0.380 e. The Bertz CT molecular complexity index is 622. The van der Waals surface area contributed by atoms with Crippen LogP contribution in [0.25, 0.3) is 0 Å². The van der Waals surface area contributed by atoms with Crippen molar-refractivity contribution in [2.24, 2.45) is 0 Å². The molecule has 1 aliphatic heterocycles. The van der Waals surface area contributed by atoms with Crippen molar-refractivity contribution in [3.63, 3.8) is 0 Å². The summed E-state index contributed by atoms with van der Waals surface area (Å²) in [5.41, 5.74) is 0.373. The predicted octanol–water partition coefficient (Wildman–Crippen LogP) is 1.09. The Balaban J connectivity index is 2.40. The molecule has 0 saturated carbocycles. The number of nitrogens with one attached hydrogen (secondary N) is 1. The van der Waals surface area contributed by atoms with E-state index in [4.69, 9.17) is 4.74 Å². The van der Waals surface area contributed by atoms with E-state index in [0.29, 0.717) is 12.0 Å². The Hall–Kier alpha value is -1.09. The number of hydrogen-bond acceptors (Lipinski definition) is 4. The third kappa shape index (κ3) is 3.23. The van der Waals surface area contributed by atoms with Crippen LogP contribution in [0.15, 0.2) is 17.0 Å². The third-order valence-electron chi connectivity index (χ3n) is 3.49. The van der Waals surface area contributed by atoms with Gasteiger partial charge in [-0.2, -0.15) is 4.31 Å². The number of methoxy groups -OCH3 is 1. The first-order valence-electron chi connectivity index (χ1n) is 6.55. The summed E-state index contributed by atoms with van der Waals surface area (Å²) in [6, 6.07) is 2.16. The first-order chi connectivity index (χ1) is 9.90. The van der Waals surface area contributed by atoms with Crippen molar-refractivity contribution in [1.82, 2.24) is 9.62 Å². The lowest BCUT2D eigenvalue weighted by atomic mass is 10.2. The predicted molar refractivity (Wildman–Crippen MR) is 73.3 cm³/mol. The van der Waals surface area contributed by atoms with Crippen LogP contribution in [0.1, 0.15) is 12.0 Å². The number of sulfonamides is 1. The molecule has 1 aromatic rings. The zero-order chi connectivity index (χ0) is 15.6. The molecule has 1 aromatic carbocycles. The van der Waals surface area contributed by atoms with E-state index in [1.807, 2.05) is 0 Å². The van der Waals surface area contributed by atoms with Crippen molar-refractivity contribution in [3.8, 4) is 0 Å². The van der Waals surface area contributed by atoms with Gasteiger partial charge >= 0.3 is 0 Å². The van der Waals surface area contributed by atoms with Crippen molar-refractivity contribution in [2.45, 2.75) is 24.0 Å². The van der Waals surface area contributed by atoms with Gasteiger partial charge in [0.2, 0.25) is 10.0 Å². The second kappa shape index (κ2) is 6.35. The van der Waals surface area contributed by atoms with Gasteiger partial charge in [-0.25, -0.2) is 17.2 Å². The van der Waals surface area contributed by atoms with E-state index in [9.17, 15) is 17.2 Å². The zero-order valence-electron chi connectivity index (χ0n) is 11.9. The Kier molecular flexibility index (Phi) is 4.92. The normalized spacial score (nSPS) is 20.1. The monoisotopic (exact) mass is 320 g/mol. The minimum absolute atomic E-state index is 0.149. The van der Waals surface area contributed by atoms with Crippen molar-refractivity contribution in [2.75, 3.05) is 27.2 Å². The first-order valence-corrected chi connectivity index (χ1v) is 7.99. The maximum Gasteiger partial charge on any atom is 0.246 e. The van der Waals surface area contributed by atoms with Gasteiger partial charge in [-0.15, -0.1) is 0 Å². The van der Waals surface area contributed by atoms with Gasteiger partial charge in [0.25, 0.3) is 0 Å². The molecule has 0 amide bonds. The lowest BCUT2D eigenvalue weighted by Crippen LogP contribution is -2.31. The molecule has 1 N–H and O–H groups in total. The fourth-order valence-electron chi connectivity index (χ4n) is 2.36. The van der Waals surface area contributed by atoms with E-state index in [1.54, 1.807) is 7.05 Å². The lowest BCUT2D eigenvalue weighted by Gasteiger charge is -2.17. The molecule has 0 aromatic heterocycles. The van der Waals surface area contributed by atoms with Gasteiger partial charge in [0.15, 0.2) is 11.6 Å². The molecule has 1 unspecified atom stereocenters. The Labute approximate surface area is 122 Å². The largest absolute Gasteiger partial charge is 0.380 e. The SMILES string of the molecule is CNCc1cc(F)c(F)c(S(=O)(=O)N2CCC(OC)C2)c1. The van der Waals surface area contributed by atoms with Gasteiger partial charge in [-0.05, 0) is 31.2 Å². The van der Waals surface area contributed by atoms with Gasteiger partial charge in [0.05, 0.1) is 6.10 Å². The lowest BCUT2D eigenvalue weighted by molar-refractivity contribution is 0.115. The van der Waals surface area contributed by atoms with Crippen LogP contribution in [0.3, 0.4) is 0 Å². The molecule has 1 atom stereocenters. The first kappa shape index (κ1) is 16.3. The molecule has 5 nitrogen and oxygen atoms in total. The highest BCUT2D eigenvalue weighted by atomic mass is 32.2. The quantitative estimate of drug-likeness (QED) is 0.882. The second-order valence-electron chi connectivity index (χ2n) is 4.93. The van der Waals surface area contributed by atoms with Crippen LogP contribution >= 0.6 is 0 Å². The van der Waals surface area contributed by atoms with Crippen LogP contribution in [0.5, 0.6) is 0 Å².